The largest absolute Gasteiger partial charge is 0.306 e. The average Bonchev–Trinajstić information content (AvgIpc) is 2.67. The van der Waals surface area contributed by atoms with E-state index in [0.717, 1.165) is 23.5 Å². The Morgan fingerprint density at radius 1 is 1.28 bits per heavy atom. The van der Waals surface area contributed by atoms with Crippen LogP contribution in [0.4, 0.5) is 4.39 Å². The van der Waals surface area contributed by atoms with Crippen molar-refractivity contribution in [1.29, 1.82) is 0 Å². The quantitative estimate of drug-likeness (QED) is 0.872. The number of halogens is 1. The molecule has 1 atom stereocenters. The van der Waals surface area contributed by atoms with Crippen LogP contribution in [0.25, 0.3) is 0 Å². The summed E-state index contributed by atoms with van der Waals surface area (Å²) in [5.41, 5.74) is 4.39. The van der Waals surface area contributed by atoms with Crippen LogP contribution in [-0.4, -0.2) is 10.2 Å². The number of nitrogens with zero attached hydrogens (tertiary/aromatic N) is 1. The van der Waals surface area contributed by atoms with Crippen molar-refractivity contribution in [2.45, 2.75) is 33.4 Å². The summed E-state index contributed by atoms with van der Waals surface area (Å²) in [5, 5.41) is 10.6. The Morgan fingerprint density at radius 3 is 2.50 bits per heavy atom. The van der Waals surface area contributed by atoms with Gasteiger partial charge >= 0.3 is 0 Å². The van der Waals surface area contributed by atoms with E-state index in [1.165, 1.54) is 17.7 Å². The lowest BCUT2D eigenvalue weighted by atomic mass is 10.1. The summed E-state index contributed by atoms with van der Waals surface area (Å²) in [4.78, 5) is 0. The minimum atomic E-state index is -0.201. The zero-order valence-corrected chi connectivity index (χ0v) is 10.9. The first kappa shape index (κ1) is 12.8. The molecule has 18 heavy (non-hydrogen) atoms. The van der Waals surface area contributed by atoms with E-state index >= 15 is 0 Å². The van der Waals surface area contributed by atoms with Gasteiger partial charge in [-0.25, -0.2) is 4.39 Å². The Hall–Kier alpha value is -1.68. The maximum atomic E-state index is 12.8. The van der Waals surface area contributed by atoms with Gasteiger partial charge in [0.1, 0.15) is 5.82 Å². The fourth-order valence-corrected chi connectivity index (χ4v) is 1.96. The fraction of sp³-hybridized carbons (Fsp3) is 0.357. The van der Waals surface area contributed by atoms with Crippen LogP contribution in [0.2, 0.25) is 0 Å². The van der Waals surface area contributed by atoms with Crippen LogP contribution in [-0.2, 0) is 6.54 Å². The summed E-state index contributed by atoms with van der Waals surface area (Å²) in [7, 11) is 0. The highest BCUT2D eigenvalue weighted by Crippen LogP contribution is 2.15. The number of benzene rings is 1. The molecule has 0 aliphatic carbocycles. The van der Waals surface area contributed by atoms with Crippen molar-refractivity contribution in [1.82, 2.24) is 15.5 Å². The third-order valence-corrected chi connectivity index (χ3v) is 3.24. The van der Waals surface area contributed by atoms with E-state index in [1.54, 1.807) is 0 Å². The first-order valence-corrected chi connectivity index (χ1v) is 6.07. The molecule has 0 bridgehead atoms. The van der Waals surface area contributed by atoms with Crippen molar-refractivity contribution in [2.75, 3.05) is 0 Å². The van der Waals surface area contributed by atoms with Gasteiger partial charge in [-0.15, -0.1) is 0 Å². The number of H-pyrrole nitrogens is 1. The lowest BCUT2D eigenvalue weighted by molar-refractivity contribution is 0.569. The molecule has 0 aliphatic heterocycles. The summed E-state index contributed by atoms with van der Waals surface area (Å²) in [5.74, 6) is -0.201. The van der Waals surface area contributed by atoms with E-state index in [9.17, 15) is 4.39 Å². The van der Waals surface area contributed by atoms with E-state index in [0.29, 0.717) is 0 Å². The molecule has 0 radical (unpaired) electrons. The second kappa shape index (κ2) is 5.31. The second-order valence-electron chi connectivity index (χ2n) is 4.57. The van der Waals surface area contributed by atoms with Gasteiger partial charge in [0, 0.05) is 23.8 Å². The van der Waals surface area contributed by atoms with Crippen molar-refractivity contribution in [2.24, 2.45) is 0 Å². The van der Waals surface area contributed by atoms with Gasteiger partial charge in [0.2, 0.25) is 0 Å². The second-order valence-corrected chi connectivity index (χ2v) is 4.57. The monoisotopic (exact) mass is 247 g/mol. The van der Waals surface area contributed by atoms with Crippen LogP contribution in [0.1, 0.15) is 35.5 Å². The molecule has 2 aromatic rings. The maximum absolute atomic E-state index is 12.8. The maximum Gasteiger partial charge on any atom is 0.123 e. The number of nitrogens with one attached hydrogen (secondary N) is 2. The smallest absolute Gasteiger partial charge is 0.123 e. The molecule has 0 amide bonds. The Balaban J connectivity index is 2.00. The third kappa shape index (κ3) is 2.76. The van der Waals surface area contributed by atoms with Gasteiger partial charge in [-0.05, 0) is 38.5 Å². The highest BCUT2D eigenvalue weighted by Gasteiger charge is 2.09. The molecular weight excluding hydrogens is 229 g/mol. The van der Waals surface area contributed by atoms with Crippen molar-refractivity contribution in [3.63, 3.8) is 0 Å². The summed E-state index contributed by atoms with van der Waals surface area (Å²) >= 11 is 0. The van der Waals surface area contributed by atoms with Crippen LogP contribution in [0.3, 0.4) is 0 Å². The van der Waals surface area contributed by atoms with Gasteiger partial charge in [0.05, 0.1) is 5.69 Å². The van der Waals surface area contributed by atoms with E-state index in [1.807, 2.05) is 26.0 Å². The first-order chi connectivity index (χ1) is 8.58. The molecule has 2 N–H and O–H groups in total. The van der Waals surface area contributed by atoms with Crippen molar-refractivity contribution >= 4 is 0 Å². The molecule has 0 spiro atoms. The molecule has 2 rings (SSSR count). The Morgan fingerprint density at radius 2 is 1.94 bits per heavy atom. The zero-order chi connectivity index (χ0) is 13.1. The van der Waals surface area contributed by atoms with Gasteiger partial charge in [0.15, 0.2) is 0 Å². The van der Waals surface area contributed by atoms with E-state index in [2.05, 4.69) is 22.4 Å². The Bertz CT molecular complexity index is 497. The number of hydrogen-bond acceptors (Lipinski definition) is 2. The predicted molar refractivity (Wildman–Crippen MR) is 69.7 cm³/mol. The zero-order valence-electron chi connectivity index (χ0n) is 10.9. The molecule has 1 heterocycles. The summed E-state index contributed by atoms with van der Waals surface area (Å²) in [6.07, 6.45) is 0. The minimum absolute atomic E-state index is 0.180. The third-order valence-electron chi connectivity index (χ3n) is 3.24. The minimum Gasteiger partial charge on any atom is -0.306 e. The molecule has 0 unspecified atom stereocenters. The van der Waals surface area contributed by atoms with Crippen molar-refractivity contribution in [3.8, 4) is 0 Å². The standard InChI is InChI=1S/C14H18FN3/c1-9(12-4-6-13(15)7-5-12)16-8-14-10(2)17-18-11(14)3/h4-7,9,16H,8H2,1-3H3,(H,17,18)/t9-/m1/s1. The van der Waals surface area contributed by atoms with E-state index < -0.39 is 0 Å². The van der Waals surface area contributed by atoms with Crippen LogP contribution in [0.15, 0.2) is 24.3 Å². The topological polar surface area (TPSA) is 40.7 Å². The molecule has 0 saturated carbocycles. The van der Waals surface area contributed by atoms with Crippen LogP contribution in [0.5, 0.6) is 0 Å². The fourth-order valence-electron chi connectivity index (χ4n) is 1.96. The molecular formula is C14H18FN3. The van der Waals surface area contributed by atoms with E-state index in [4.69, 9.17) is 0 Å². The lowest BCUT2D eigenvalue weighted by Gasteiger charge is -2.14. The van der Waals surface area contributed by atoms with Gasteiger partial charge in [-0.2, -0.15) is 5.10 Å². The summed E-state index contributed by atoms with van der Waals surface area (Å²) < 4.78 is 12.8. The SMILES string of the molecule is Cc1n[nH]c(C)c1CN[C@H](C)c1ccc(F)cc1. The van der Waals surface area contributed by atoms with Crippen LogP contribution in [0, 0.1) is 19.7 Å². The van der Waals surface area contributed by atoms with Crippen molar-refractivity contribution < 1.29 is 4.39 Å². The molecule has 0 aliphatic rings. The highest BCUT2D eigenvalue weighted by atomic mass is 19.1. The summed E-state index contributed by atoms with van der Waals surface area (Å²) in [6, 6.07) is 6.77. The average molecular weight is 247 g/mol. The number of aryl methyl sites for hydroxylation is 2. The van der Waals surface area contributed by atoms with E-state index in [-0.39, 0.29) is 11.9 Å². The predicted octanol–water partition coefficient (Wildman–Crippen LogP) is 3.02. The Labute approximate surface area is 106 Å². The van der Waals surface area contributed by atoms with Crippen LogP contribution >= 0.6 is 0 Å². The molecule has 0 saturated heterocycles. The van der Waals surface area contributed by atoms with Gasteiger partial charge in [0.25, 0.3) is 0 Å². The lowest BCUT2D eigenvalue weighted by Crippen LogP contribution is -2.18. The number of hydrogen-bond donors (Lipinski definition) is 2. The first-order valence-electron chi connectivity index (χ1n) is 6.07. The molecule has 4 heteroatoms. The molecule has 1 aromatic carbocycles. The molecule has 96 valence electrons. The molecule has 0 fully saturated rings. The number of aromatic amines is 1. The van der Waals surface area contributed by atoms with Crippen LogP contribution < -0.4 is 5.32 Å². The molecule has 1 aromatic heterocycles. The normalized spacial score (nSPS) is 12.7. The number of rotatable bonds is 4. The Kier molecular flexibility index (Phi) is 3.77. The molecule has 3 nitrogen and oxygen atoms in total. The highest BCUT2D eigenvalue weighted by molar-refractivity contribution is 5.24. The van der Waals surface area contributed by atoms with Crippen molar-refractivity contribution in [3.05, 3.63) is 52.6 Å². The number of aromatic nitrogens is 2. The van der Waals surface area contributed by atoms with Gasteiger partial charge in [-0.1, -0.05) is 12.1 Å². The van der Waals surface area contributed by atoms with Gasteiger partial charge in [-0.3, -0.25) is 5.10 Å². The summed E-state index contributed by atoms with van der Waals surface area (Å²) in [6.45, 7) is 6.83. The van der Waals surface area contributed by atoms with Gasteiger partial charge < -0.3 is 5.32 Å².